The number of H-pyrrole nitrogens is 1. The van der Waals surface area contributed by atoms with Crippen LogP contribution in [-0.2, 0) is 11.0 Å². The molecule has 1 aromatic heterocycles. The van der Waals surface area contributed by atoms with Crippen molar-refractivity contribution in [2.24, 2.45) is 5.92 Å². The van der Waals surface area contributed by atoms with Crippen molar-refractivity contribution < 1.29 is 27.5 Å². The number of nitrogens with zero attached hydrogens (tertiary/aromatic N) is 1. The maximum Gasteiger partial charge on any atom is 0.416 e. The van der Waals surface area contributed by atoms with Gasteiger partial charge in [-0.1, -0.05) is 12.1 Å². The molecule has 0 bridgehead atoms. The first-order chi connectivity index (χ1) is 15.3. The molecule has 0 spiro atoms. The Bertz CT molecular complexity index is 1120. The van der Waals surface area contributed by atoms with Gasteiger partial charge in [0.15, 0.2) is 0 Å². The molecule has 7 nitrogen and oxygen atoms in total. The van der Waals surface area contributed by atoms with Crippen LogP contribution in [0, 0.1) is 5.92 Å². The molecule has 1 heterocycles. The van der Waals surface area contributed by atoms with E-state index in [2.05, 4.69) is 21.0 Å². The third kappa shape index (κ3) is 4.58. The predicted molar refractivity (Wildman–Crippen MR) is 108 cm³/mol. The molecule has 2 aromatic carbocycles. The number of rotatable bonds is 5. The highest BCUT2D eigenvalue weighted by atomic mass is 19.4. The van der Waals surface area contributed by atoms with Crippen molar-refractivity contribution in [1.82, 2.24) is 21.0 Å². The van der Waals surface area contributed by atoms with Crippen LogP contribution in [0.4, 0.5) is 13.2 Å². The number of nitrogens with one attached hydrogen (secondary N) is 3. The minimum absolute atomic E-state index is 0.159. The summed E-state index contributed by atoms with van der Waals surface area (Å²) < 4.78 is 43.1. The van der Waals surface area contributed by atoms with E-state index in [0.717, 1.165) is 17.7 Å². The first-order valence-corrected chi connectivity index (χ1v) is 9.73. The predicted octanol–water partition coefficient (Wildman–Crippen LogP) is 3.67. The van der Waals surface area contributed by atoms with Crippen LogP contribution in [0.2, 0.25) is 0 Å². The molecule has 0 radical (unpaired) electrons. The fraction of sp³-hybridized carbons (Fsp3) is 0.227. The average molecular weight is 444 g/mol. The van der Waals surface area contributed by atoms with E-state index in [-0.39, 0.29) is 11.6 Å². The first-order valence-electron chi connectivity index (χ1n) is 9.73. The molecule has 0 saturated heterocycles. The molecular formula is C22H19F3N4O3. The van der Waals surface area contributed by atoms with E-state index in [1.165, 1.54) is 12.1 Å². The molecule has 32 heavy (non-hydrogen) atoms. The number of hydrogen-bond acceptors (Lipinski definition) is 4. The van der Waals surface area contributed by atoms with Crippen LogP contribution in [0.1, 0.15) is 34.0 Å². The van der Waals surface area contributed by atoms with Crippen LogP contribution < -0.4 is 15.6 Å². The van der Waals surface area contributed by atoms with Crippen LogP contribution in [0.15, 0.2) is 54.6 Å². The molecule has 1 aliphatic rings. The fourth-order valence-electron chi connectivity index (χ4n) is 3.40. The topological polar surface area (TPSA) is 96.1 Å². The third-order valence-electron chi connectivity index (χ3n) is 5.30. The summed E-state index contributed by atoms with van der Waals surface area (Å²) in [4.78, 5) is 24.6. The lowest BCUT2D eigenvalue weighted by molar-refractivity contribution is -0.137. The van der Waals surface area contributed by atoms with Crippen LogP contribution >= 0.6 is 0 Å². The van der Waals surface area contributed by atoms with Crippen molar-refractivity contribution in [3.8, 4) is 17.0 Å². The summed E-state index contributed by atoms with van der Waals surface area (Å²) in [5.74, 6) is -0.873. The molecule has 3 N–H and O–H groups in total. The van der Waals surface area contributed by atoms with Gasteiger partial charge in [-0.25, -0.2) is 0 Å². The number of ether oxygens (including phenoxy) is 1. The zero-order valence-electron chi connectivity index (χ0n) is 16.9. The number of carbonyl (C=O) groups excluding carboxylic acids is 2. The van der Waals surface area contributed by atoms with Gasteiger partial charge < -0.3 is 4.74 Å². The van der Waals surface area contributed by atoms with Gasteiger partial charge in [0.1, 0.15) is 11.4 Å². The Labute approximate surface area is 180 Å². The zero-order valence-corrected chi connectivity index (χ0v) is 16.9. The van der Waals surface area contributed by atoms with Gasteiger partial charge in [-0.2, -0.15) is 18.3 Å². The van der Waals surface area contributed by atoms with Gasteiger partial charge in [-0.3, -0.25) is 25.5 Å². The highest BCUT2D eigenvalue weighted by molar-refractivity contribution is 5.95. The van der Waals surface area contributed by atoms with E-state index in [1.807, 2.05) is 0 Å². The second-order valence-electron chi connectivity index (χ2n) is 7.41. The van der Waals surface area contributed by atoms with E-state index in [4.69, 9.17) is 4.74 Å². The number of benzene rings is 2. The molecule has 1 saturated carbocycles. The molecule has 10 heteroatoms. The maximum absolute atomic E-state index is 12.7. The molecule has 2 amide bonds. The summed E-state index contributed by atoms with van der Waals surface area (Å²) in [6.07, 6.45) is -3.90. The smallest absolute Gasteiger partial charge is 0.416 e. The Hall–Kier alpha value is -3.82. The van der Waals surface area contributed by atoms with Gasteiger partial charge in [-0.15, -0.1) is 0 Å². The lowest BCUT2D eigenvalue weighted by Crippen LogP contribution is -2.42. The molecule has 3 aromatic rings. The Morgan fingerprint density at radius 1 is 1.06 bits per heavy atom. The van der Waals surface area contributed by atoms with Crippen molar-refractivity contribution in [2.75, 3.05) is 7.11 Å². The fourth-order valence-corrected chi connectivity index (χ4v) is 3.40. The summed E-state index contributed by atoms with van der Waals surface area (Å²) >= 11 is 0. The summed E-state index contributed by atoms with van der Waals surface area (Å²) in [6, 6.07) is 13.5. The van der Waals surface area contributed by atoms with Crippen molar-refractivity contribution in [1.29, 1.82) is 0 Å². The Kier molecular flexibility index (Phi) is 5.60. The van der Waals surface area contributed by atoms with Crippen LogP contribution in [0.3, 0.4) is 0 Å². The third-order valence-corrected chi connectivity index (χ3v) is 5.30. The van der Waals surface area contributed by atoms with Crippen molar-refractivity contribution in [3.63, 3.8) is 0 Å². The molecule has 0 aliphatic heterocycles. The van der Waals surface area contributed by atoms with Crippen LogP contribution in [0.25, 0.3) is 11.3 Å². The lowest BCUT2D eigenvalue weighted by atomic mass is 10.1. The standard InChI is InChI=1S/C22H19F3N4O3/c1-32-15-8-4-13(5-9-15)18-11-19(27-26-18)21(31)29-28-20(30)17-10-16(17)12-2-6-14(7-3-12)22(23,24)25/h2-9,11,16-17H,10H2,1H3,(H,26,27)(H,28,30)(H,29,31). The average Bonchev–Trinajstić information content (AvgIpc) is 3.44. The molecular weight excluding hydrogens is 425 g/mol. The van der Waals surface area contributed by atoms with Crippen LogP contribution in [0.5, 0.6) is 5.75 Å². The lowest BCUT2D eigenvalue weighted by Gasteiger charge is -2.08. The summed E-state index contributed by atoms with van der Waals surface area (Å²) in [7, 11) is 1.56. The molecule has 1 fully saturated rings. The second kappa shape index (κ2) is 8.37. The van der Waals surface area contributed by atoms with Gasteiger partial charge in [0.2, 0.25) is 5.91 Å². The number of amides is 2. The van der Waals surface area contributed by atoms with Gasteiger partial charge in [-0.05, 0) is 60.4 Å². The van der Waals surface area contributed by atoms with E-state index in [9.17, 15) is 22.8 Å². The minimum atomic E-state index is -4.40. The Morgan fingerprint density at radius 2 is 1.75 bits per heavy atom. The number of hydrogen-bond donors (Lipinski definition) is 3. The Balaban J connectivity index is 1.30. The highest BCUT2D eigenvalue weighted by Crippen LogP contribution is 2.47. The minimum Gasteiger partial charge on any atom is -0.497 e. The first kappa shape index (κ1) is 21.4. The molecule has 4 rings (SSSR count). The second-order valence-corrected chi connectivity index (χ2v) is 7.41. The van der Waals surface area contributed by atoms with E-state index in [0.29, 0.717) is 23.4 Å². The number of hydrazine groups is 1. The summed E-state index contributed by atoms with van der Waals surface area (Å²) in [5.41, 5.74) is 6.10. The normalized spacial score (nSPS) is 17.5. The van der Waals surface area contributed by atoms with Crippen molar-refractivity contribution in [2.45, 2.75) is 18.5 Å². The SMILES string of the molecule is COc1ccc(-c2cc(C(=O)NNC(=O)C3CC3c3ccc(C(F)(F)F)cc3)[nH]n2)cc1. The molecule has 2 atom stereocenters. The number of halogens is 3. The largest absolute Gasteiger partial charge is 0.497 e. The van der Waals surface area contributed by atoms with Crippen molar-refractivity contribution in [3.05, 3.63) is 71.4 Å². The van der Waals surface area contributed by atoms with Gasteiger partial charge in [0.05, 0.1) is 18.4 Å². The number of aromatic nitrogens is 2. The monoisotopic (exact) mass is 444 g/mol. The summed E-state index contributed by atoms with van der Waals surface area (Å²) in [6.45, 7) is 0. The number of methoxy groups -OCH3 is 1. The molecule has 2 unspecified atom stereocenters. The summed E-state index contributed by atoms with van der Waals surface area (Å²) in [5, 5.41) is 6.71. The van der Waals surface area contributed by atoms with E-state index < -0.39 is 29.5 Å². The number of alkyl halides is 3. The maximum atomic E-state index is 12.7. The van der Waals surface area contributed by atoms with Crippen molar-refractivity contribution >= 4 is 11.8 Å². The van der Waals surface area contributed by atoms with Gasteiger partial charge >= 0.3 is 6.18 Å². The van der Waals surface area contributed by atoms with E-state index >= 15 is 0 Å². The highest BCUT2D eigenvalue weighted by Gasteiger charge is 2.44. The quantitative estimate of drug-likeness (QED) is 0.524. The van der Waals surface area contributed by atoms with Gasteiger partial charge in [0.25, 0.3) is 5.91 Å². The zero-order chi connectivity index (χ0) is 22.9. The van der Waals surface area contributed by atoms with Gasteiger partial charge in [0, 0.05) is 11.5 Å². The van der Waals surface area contributed by atoms with Crippen LogP contribution in [-0.4, -0.2) is 29.1 Å². The number of aromatic amines is 1. The Morgan fingerprint density at radius 3 is 2.38 bits per heavy atom. The molecule has 1 aliphatic carbocycles. The number of carbonyl (C=O) groups is 2. The molecule has 166 valence electrons. The van der Waals surface area contributed by atoms with E-state index in [1.54, 1.807) is 37.4 Å².